The van der Waals surface area contributed by atoms with Crippen molar-refractivity contribution in [2.45, 2.75) is 12.8 Å². The average molecular weight is 305 g/mol. The molecule has 1 aliphatic heterocycles. The van der Waals surface area contributed by atoms with Crippen LogP contribution in [0.1, 0.15) is 23.2 Å². The van der Waals surface area contributed by atoms with Crippen LogP contribution >= 0.6 is 11.3 Å². The third-order valence-corrected chi connectivity index (χ3v) is 4.26. The number of hydrogen-bond acceptors (Lipinski definition) is 5. The van der Waals surface area contributed by atoms with Crippen LogP contribution in [0.25, 0.3) is 0 Å². The summed E-state index contributed by atoms with van der Waals surface area (Å²) >= 11 is 1.51. The molecule has 0 spiro atoms. The van der Waals surface area contributed by atoms with E-state index in [0.717, 1.165) is 5.56 Å². The van der Waals surface area contributed by atoms with Crippen LogP contribution in [0.15, 0.2) is 23.2 Å². The summed E-state index contributed by atoms with van der Waals surface area (Å²) in [6.45, 7) is 1.20. The number of H-pyrrole nitrogens is 1. The Labute approximate surface area is 125 Å². The van der Waals surface area contributed by atoms with E-state index in [-0.39, 0.29) is 17.7 Å². The zero-order chi connectivity index (χ0) is 14.7. The van der Waals surface area contributed by atoms with E-state index in [1.807, 2.05) is 16.8 Å². The Morgan fingerprint density at radius 2 is 2.19 bits per heavy atom. The lowest BCUT2D eigenvalue weighted by molar-refractivity contribution is -0.121. The number of nitrogens with zero attached hydrogens (tertiary/aromatic N) is 3. The fourth-order valence-corrected chi connectivity index (χ4v) is 3.03. The molecule has 0 radical (unpaired) electrons. The molecule has 7 nitrogen and oxygen atoms in total. The number of thiophene rings is 1. The molecule has 0 aromatic carbocycles. The summed E-state index contributed by atoms with van der Waals surface area (Å²) in [5, 5.41) is 12.7. The number of anilines is 1. The Bertz CT molecular complexity index is 603. The predicted octanol–water partition coefficient (Wildman–Crippen LogP) is 1.36. The van der Waals surface area contributed by atoms with E-state index in [9.17, 15) is 9.59 Å². The van der Waals surface area contributed by atoms with Gasteiger partial charge in [-0.05, 0) is 24.3 Å². The van der Waals surface area contributed by atoms with Gasteiger partial charge in [-0.15, -0.1) is 0 Å². The van der Waals surface area contributed by atoms with E-state index >= 15 is 0 Å². The third-order valence-electron chi connectivity index (χ3n) is 3.58. The number of nitrogens with one attached hydrogen (secondary N) is 2. The fourth-order valence-electron chi connectivity index (χ4n) is 2.40. The van der Waals surface area contributed by atoms with E-state index in [1.165, 1.54) is 17.7 Å². The van der Waals surface area contributed by atoms with Crippen molar-refractivity contribution in [2.24, 2.45) is 5.92 Å². The summed E-state index contributed by atoms with van der Waals surface area (Å²) in [6.07, 6.45) is 2.67. The van der Waals surface area contributed by atoms with Gasteiger partial charge in [0.25, 0.3) is 5.91 Å². The predicted molar refractivity (Wildman–Crippen MR) is 78.0 cm³/mol. The number of hydrogen-bond donors (Lipinski definition) is 2. The Hall–Kier alpha value is -2.22. The topological polar surface area (TPSA) is 91.0 Å². The second kappa shape index (κ2) is 6.04. The van der Waals surface area contributed by atoms with Crippen LogP contribution in [0.2, 0.25) is 0 Å². The molecule has 21 heavy (non-hydrogen) atoms. The third kappa shape index (κ3) is 3.10. The summed E-state index contributed by atoms with van der Waals surface area (Å²) < 4.78 is 0. The van der Waals surface area contributed by atoms with E-state index in [0.29, 0.717) is 31.9 Å². The summed E-state index contributed by atoms with van der Waals surface area (Å²) in [5.74, 6) is 0.234. The standard InChI is InChI=1S/C13H15N5O2S/c19-11(16-13-14-8-15-17-13)9-1-4-18(5-2-9)12(20)10-3-6-21-7-10/h3,6-9H,1-2,4-5H2,(H2,14,15,16,17,19). The minimum absolute atomic E-state index is 0.0466. The van der Waals surface area contributed by atoms with Crippen molar-refractivity contribution in [1.29, 1.82) is 0 Å². The van der Waals surface area contributed by atoms with Gasteiger partial charge in [0.2, 0.25) is 11.9 Å². The highest BCUT2D eigenvalue weighted by atomic mass is 32.1. The van der Waals surface area contributed by atoms with Crippen molar-refractivity contribution >= 4 is 29.1 Å². The number of amides is 2. The number of aromatic nitrogens is 3. The number of aromatic amines is 1. The number of carbonyl (C=O) groups is 2. The summed E-state index contributed by atoms with van der Waals surface area (Å²) in [4.78, 5) is 29.9. The maximum Gasteiger partial charge on any atom is 0.254 e. The first-order valence-corrected chi connectivity index (χ1v) is 7.66. The fraction of sp³-hybridized carbons (Fsp3) is 0.385. The zero-order valence-corrected chi connectivity index (χ0v) is 12.1. The Morgan fingerprint density at radius 3 is 2.81 bits per heavy atom. The molecule has 2 amide bonds. The van der Waals surface area contributed by atoms with Crippen LogP contribution in [-0.2, 0) is 4.79 Å². The molecule has 0 aliphatic carbocycles. The summed E-state index contributed by atoms with van der Waals surface area (Å²) in [5.41, 5.74) is 0.726. The molecule has 0 bridgehead atoms. The normalized spacial score (nSPS) is 15.9. The van der Waals surface area contributed by atoms with Gasteiger partial charge in [0.05, 0.1) is 5.56 Å². The van der Waals surface area contributed by atoms with Gasteiger partial charge < -0.3 is 4.90 Å². The first-order valence-electron chi connectivity index (χ1n) is 6.72. The second-order valence-corrected chi connectivity index (χ2v) is 5.68. The molecule has 2 aromatic rings. The SMILES string of the molecule is O=C(Nc1ncn[nH]1)C1CCN(C(=O)c2ccsc2)CC1. The van der Waals surface area contributed by atoms with Gasteiger partial charge in [0.1, 0.15) is 6.33 Å². The van der Waals surface area contributed by atoms with Crippen LogP contribution in [0.3, 0.4) is 0 Å². The molecular formula is C13H15N5O2S. The molecule has 3 rings (SSSR count). The highest BCUT2D eigenvalue weighted by molar-refractivity contribution is 7.08. The molecular weight excluding hydrogens is 290 g/mol. The van der Waals surface area contributed by atoms with Gasteiger partial charge in [0.15, 0.2) is 0 Å². The van der Waals surface area contributed by atoms with E-state index in [2.05, 4.69) is 20.5 Å². The molecule has 0 atom stereocenters. The lowest BCUT2D eigenvalue weighted by Crippen LogP contribution is -2.41. The maximum atomic E-state index is 12.2. The van der Waals surface area contributed by atoms with Crippen LogP contribution in [-0.4, -0.2) is 45.0 Å². The Balaban J connectivity index is 1.53. The van der Waals surface area contributed by atoms with Gasteiger partial charge in [0, 0.05) is 24.4 Å². The molecule has 1 fully saturated rings. The second-order valence-electron chi connectivity index (χ2n) is 4.90. The number of likely N-dealkylation sites (tertiary alicyclic amines) is 1. The number of carbonyl (C=O) groups excluding carboxylic acids is 2. The van der Waals surface area contributed by atoms with E-state index < -0.39 is 0 Å². The summed E-state index contributed by atoms with van der Waals surface area (Å²) in [6, 6.07) is 1.83. The highest BCUT2D eigenvalue weighted by Crippen LogP contribution is 2.21. The molecule has 1 aliphatic rings. The average Bonchev–Trinajstić information content (AvgIpc) is 3.20. The van der Waals surface area contributed by atoms with Gasteiger partial charge in [-0.1, -0.05) is 0 Å². The van der Waals surface area contributed by atoms with E-state index in [4.69, 9.17) is 0 Å². The Kier molecular flexibility index (Phi) is 3.96. The molecule has 8 heteroatoms. The van der Waals surface area contributed by atoms with Gasteiger partial charge >= 0.3 is 0 Å². The largest absolute Gasteiger partial charge is 0.339 e. The lowest BCUT2D eigenvalue weighted by Gasteiger charge is -2.31. The smallest absolute Gasteiger partial charge is 0.254 e. The maximum absolute atomic E-state index is 12.2. The first-order chi connectivity index (χ1) is 10.2. The molecule has 2 N–H and O–H groups in total. The molecule has 2 aromatic heterocycles. The van der Waals surface area contributed by atoms with Crippen LogP contribution in [0.4, 0.5) is 5.95 Å². The first kappa shape index (κ1) is 13.7. The van der Waals surface area contributed by atoms with Crippen LogP contribution in [0, 0.1) is 5.92 Å². The monoisotopic (exact) mass is 305 g/mol. The number of rotatable bonds is 3. The van der Waals surface area contributed by atoms with Gasteiger partial charge in [-0.2, -0.15) is 21.4 Å². The minimum Gasteiger partial charge on any atom is -0.339 e. The highest BCUT2D eigenvalue weighted by Gasteiger charge is 2.28. The van der Waals surface area contributed by atoms with Crippen molar-refractivity contribution in [2.75, 3.05) is 18.4 Å². The Morgan fingerprint density at radius 1 is 1.38 bits per heavy atom. The molecule has 3 heterocycles. The minimum atomic E-state index is -0.0957. The number of piperidine rings is 1. The zero-order valence-electron chi connectivity index (χ0n) is 11.3. The van der Waals surface area contributed by atoms with Crippen molar-refractivity contribution < 1.29 is 9.59 Å². The quantitative estimate of drug-likeness (QED) is 0.895. The van der Waals surface area contributed by atoms with Crippen LogP contribution < -0.4 is 5.32 Å². The molecule has 1 saturated heterocycles. The van der Waals surface area contributed by atoms with Crippen molar-refractivity contribution in [3.63, 3.8) is 0 Å². The van der Waals surface area contributed by atoms with E-state index in [1.54, 1.807) is 4.90 Å². The lowest BCUT2D eigenvalue weighted by atomic mass is 9.95. The molecule has 0 unspecified atom stereocenters. The van der Waals surface area contributed by atoms with Crippen molar-refractivity contribution in [3.8, 4) is 0 Å². The summed E-state index contributed by atoms with van der Waals surface area (Å²) in [7, 11) is 0. The van der Waals surface area contributed by atoms with Crippen molar-refractivity contribution in [1.82, 2.24) is 20.1 Å². The van der Waals surface area contributed by atoms with Crippen molar-refractivity contribution in [3.05, 3.63) is 28.7 Å². The van der Waals surface area contributed by atoms with Gasteiger partial charge in [-0.3, -0.25) is 14.9 Å². The van der Waals surface area contributed by atoms with Crippen LogP contribution in [0.5, 0.6) is 0 Å². The molecule has 110 valence electrons. The van der Waals surface area contributed by atoms with Gasteiger partial charge in [-0.25, -0.2) is 5.10 Å². The molecule has 0 saturated carbocycles.